The van der Waals surface area contributed by atoms with Gasteiger partial charge >= 0.3 is 0 Å². The van der Waals surface area contributed by atoms with Gasteiger partial charge in [0.25, 0.3) is 0 Å². The average Bonchev–Trinajstić information content (AvgIpc) is 2.52. The lowest BCUT2D eigenvalue weighted by molar-refractivity contribution is 0.278. The van der Waals surface area contributed by atoms with Crippen LogP contribution in [0.25, 0.3) is 0 Å². The number of rotatable bonds is 7. The highest BCUT2D eigenvalue weighted by Gasteiger charge is 2.22. The summed E-state index contributed by atoms with van der Waals surface area (Å²) in [7, 11) is -3.73. The Balaban J connectivity index is 2.28. The summed E-state index contributed by atoms with van der Waals surface area (Å²) in [4.78, 5) is 0.0570. The summed E-state index contributed by atoms with van der Waals surface area (Å²) in [5.41, 5.74) is 0.853. The van der Waals surface area contributed by atoms with Crippen molar-refractivity contribution in [3.8, 4) is 0 Å². The molecule has 0 aliphatic carbocycles. The van der Waals surface area contributed by atoms with Gasteiger partial charge in [-0.15, -0.1) is 0 Å². The molecule has 6 heteroatoms. The minimum atomic E-state index is -3.73. The molecule has 0 aromatic heterocycles. The van der Waals surface area contributed by atoms with E-state index in [2.05, 4.69) is 4.72 Å². The van der Waals surface area contributed by atoms with Crippen molar-refractivity contribution in [2.24, 2.45) is 0 Å². The van der Waals surface area contributed by atoms with E-state index in [1.54, 1.807) is 18.2 Å². The number of hydrogen-bond acceptors (Lipinski definition) is 3. The first-order valence-electron chi connectivity index (χ1n) is 6.97. The Bertz CT molecular complexity index is 704. The van der Waals surface area contributed by atoms with Crippen molar-refractivity contribution in [2.45, 2.75) is 23.8 Å². The number of aliphatic hydroxyl groups is 1. The molecular weight excluding hydrogens is 322 g/mol. The van der Waals surface area contributed by atoms with Gasteiger partial charge in [-0.25, -0.2) is 13.1 Å². The predicted molar refractivity (Wildman–Crippen MR) is 87.3 cm³/mol. The molecule has 0 bridgehead atoms. The largest absolute Gasteiger partial charge is 0.396 e. The Hall–Kier alpha value is -1.40. The van der Waals surface area contributed by atoms with Gasteiger partial charge in [-0.05, 0) is 30.5 Å². The highest BCUT2D eigenvalue weighted by atomic mass is 35.5. The zero-order valence-electron chi connectivity index (χ0n) is 11.9. The van der Waals surface area contributed by atoms with Crippen LogP contribution in [0.4, 0.5) is 0 Å². The minimum Gasteiger partial charge on any atom is -0.396 e. The number of halogens is 1. The van der Waals surface area contributed by atoms with Crippen LogP contribution >= 0.6 is 11.6 Å². The molecule has 1 atom stereocenters. The first kappa shape index (κ1) is 17.0. The van der Waals surface area contributed by atoms with Crippen molar-refractivity contribution in [3.63, 3.8) is 0 Å². The quantitative estimate of drug-likeness (QED) is 0.814. The lowest BCUT2D eigenvalue weighted by Crippen LogP contribution is -2.29. The second-order valence-electron chi connectivity index (χ2n) is 4.88. The molecule has 2 aromatic carbocycles. The fraction of sp³-hybridized carbons (Fsp3) is 0.250. The molecule has 0 radical (unpaired) electrons. The van der Waals surface area contributed by atoms with Crippen LogP contribution < -0.4 is 4.72 Å². The predicted octanol–water partition coefficient (Wildman–Crippen LogP) is 3.13. The topological polar surface area (TPSA) is 66.4 Å². The van der Waals surface area contributed by atoms with E-state index in [0.717, 1.165) is 5.56 Å². The molecular formula is C16H18ClNO3S. The van der Waals surface area contributed by atoms with Crippen LogP contribution in [0.5, 0.6) is 0 Å². The first-order chi connectivity index (χ1) is 10.5. The Morgan fingerprint density at radius 2 is 1.68 bits per heavy atom. The Morgan fingerprint density at radius 1 is 1.05 bits per heavy atom. The first-order valence-corrected chi connectivity index (χ1v) is 8.83. The fourth-order valence-electron chi connectivity index (χ4n) is 2.19. The van der Waals surface area contributed by atoms with Crippen LogP contribution in [-0.2, 0) is 10.0 Å². The summed E-state index contributed by atoms with van der Waals surface area (Å²) in [6.07, 6.45) is 1.01. The third kappa shape index (κ3) is 4.30. The molecule has 0 amide bonds. The van der Waals surface area contributed by atoms with Crippen molar-refractivity contribution in [3.05, 3.63) is 65.2 Å². The number of hydrogen-bond donors (Lipinski definition) is 2. The van der Waals surface area contributed by atoms with Gasteiger partial charge < -0.3 is 5.11 Å². The highest BCUT2D eigenvalue weighted by molar-refractivity contribution is 7.89. The van der Waals surface area contributed by atoms with Crippen molar-refractivity contribution in [1.82, 2.24) is 4.72 Å². The molecule has 0 aliphatic heterocycles. The van der Waals surface area contributed by atoms with Gasteiger partial charge in [-0.1, -0.05) is 54.1 Å². The Labute approximate surface area is 135 Å². The van der Waals surface area contributed by atoms with Crippen LogP contribution in [-0.4, -0.2) is 20.1 Å². The molecule has 118 valence electrons. The molecule has 2 N–H and O–H groups in total. The van der Waals surface area contributed by atoms with E-state index < -0.39 is 16.1 Å². The SMILES string of the molecule is O=S(=O)(NC(CCCO)c1ccccc1)c1ccccc1Cl. The summed E-state index contributed by atoms with van der Waals surface area (Å²) in [6, 6.07) is 15.2. The molecule has 0 aliphatic rings. The molecule has 2 aromatic rings. The second kappa shape index (κ2) is 7.74. The lowest BCUT2D eigenvalue weighted by atomic mass is 10.0. The van der Waals surface area contributed by atoms with Gasteiger partial charge in [0.1, 0.15) is 4.90 Å². The molecule has 0 saturated heterocycles. The summed E-state index contributed by atoms with van der Waals surface area (Å²) < 4.78 is 27.8. The lowest BCUT2D eigenvalue weighted by Gasteiger charge is -2.19. The zero-order valence-corrected chi connectivity index (χ0v) is 13.5. The molecule has 1 unspecified atom stereocenters. The van der Waals surface area contributed by atoms with Crippen molar-refractivity contribution >= 4 is 21.6 Å². The van der Waals surface area contributed by atoms with E-state index in [1.807, 2.05) is 30.3 Å². The maximum absolute atomic E-state index is 12.5. The van der Waals surface area contributed by atoms with Crippen LogP contribution in [0.2, 0.25) is 5.02 Å². The van der Waals surface area contributed by atoms with Gasteiger partial charge in [-0.2, -0.15) is 0 Å². The van der Waals surface area contributed by atoms with Gasteiger partial charge in [0.2, 0.25) is 10.0 Å². The number of nitrogens with one attached hydrogen (secondary N) is 1. The fourth-order valence-corrected chi connectivity index (χ4v) is 3.97. The monoisotopic (exact) mass is 339 g/mol. The third-order valence-electron chi connectivity index (χ3n) is 3.28. The highest BCUT2D eigenvalue weighted by Crippen LogP contribution is 2.25. The van der Waals surface area contributed by atoms with Crippen molar-refractivity contribution < 1.29 is 13.5 Å². The third-order valence-corrected chi connectivity index (χ3v) is 5.25. The van der Waals surface area contributed by atoms with E-state index in [4.69, 9.17) is 16.7 Å². The van der Waals surface area contributed by atoms with Crippen LogP contribution in [0.3, 0.4) is 0 Å². The maximum atomic E-state index is 12.5. The molecule has 22 heavy (non-hydrogen) atoms. The van der Waals surface area contributed by atoms with E-state index in [1.165, 1.54) is 6.07 Å². The summed E-state index contributed by atoms with van der Waals surface area (Å²) in [6.45, 7) is 0.0111. The number of sulfonamides is 1. The van der Waals surface area contributed by atoms with Gasteiger partial charge in [0, 0.05) is 12.6 Å². The van der Waals surface area contributed by atoms with E-state index in [-0.39, 0.29) is 16.5 Å². The van der Waals surface area contributed by atoms with E-state index >= 15 is 0 Å². The Kier molecular flexibility index (Phi) is 5.97. The zero-order chi connectivity index (χ0) is 16.0. The summed E-state index contributed by atoms with van der Waals surface area (Å²) in [5.74, 6) is 0. The summed E-state index contributed by atoms with van der Waals surface area (Å²) >= 11 is 5.98. The molecule has 0 heterocycles. The Morgan fingerprint density at radius 3 is 2.32 bits per heavy atom. The standard InChI is InChI=1S/C16H18ClNO3S/c17-14-9-4-5-11-16(14)22(20,21)18-15(10-6-12-19)13-7-2-1-3-8-13/h1-5,7-9,11,15,18-19H,6,10,12H2. The normalized spacial score (nSPS) is 13.0. The van der Waals surface area contributed by atoms with Crippen LogP contribution in [0.15, 0.2) is 59.5 Å². The average molecular weight is 340 g/mol. The van der Waals surface area contributed by atoms with Gasteiger partial charge in [0.15, 0.2) is 0 Å². The number of benzene rings is 2. The molecule has 4 nitrogen and oxygen atoms in total. The van der Waals surface area contributed by atoms with Gasteiger partial charge in [-0.3, -0.25) is 0 Å². The van der Waals surface area contributed by atoms with Crippen LogP contribution in [0.1, 0.15) is 24.4 Å². The van der Waals surface area contributed by atoms with Gasteiger partial charge in [0.05, 0.1) is 5.02 Å². The molecule has 2 rings (SSSR count). The molecule has 0 saturated carbocycles. The van der Waals surface area contributed by atoms with Crippen LogP contribution in [0, 0.1) is 0 Å². The maximum Gasteiger partial charge on any atom is 0.242 e. The van der Waals surface area contributed by atoms with E-state index in [0.29, 0.717) is 12.8 Å². The smallest absolute Gasteiger partial charge is 0.242 e. The molecule has 0 fully saturated rings. The number of aliphatic hydroxyl groups excluding tert-OH is 1. The van der Waals surface area contributed by atoms with Crippen molar-refractivity contribution in [1.29, 1.82) is 0 Å². The van der Waals surface area contributed by atoms with Crippen molar-refractivity contribution in [2.75, 3.05) is 6.61 Å². The van der Waals surface area contributed by atoms with E-state index in [9.17, 15) is 8.42 Å². The minimum absolute atomic E-state index is 0.0111. The summed E-state index contributed by atoms with van der Waals surface area (Å²) in [5, 5.41) is 9.21. The molecule has 0 spiro atoms. The second-order valence-corrected chi connectivity index (χ2v) is 6.97.